The third-order valence-electron chi connectivity index (χ3n) is 1.76. The second kappa shape index (κ2) is 4.42. The Morgan fingerprint density at radius 1 is 1.62 bits per heavy atom. The Morgan fingerprint density at radius 2 is 2.31 bits per heavy atom. The van der Waals surface area contributed by atoms with E-state index in [0.29, 0.717) is 6.54 Å². The molecule has 0 bridgehead atoms. The fraction of sp³-hybridized carbons (Fsp3) is 0.300. The van der Waals surface area contributed by atoms with E-state index in [1.165, 1.54) is 0 Å². The predicted molar refractivity (Wildman–Crippen MR) is 57.8 cm³/mol. The molecular weight excluding hydrogens is 230 g/mol. The molecule has 0 N–H and O–H groups in total. The highest BCUT2D eigenvalue weighted by molar-refractivity contribution is 9.10. The second-order valence-electron chi connectivity index (χ2n) is 3.05. The van der Waals surface area contributed by atoms with Crippen molar-refractivity contribution >= 4 is 15.9 Å². The minimum absolute atomic E-state index is 0.0237. The lowest BCUT2D eigenvalue weighted by Gasteiger charge is -2.06. The van der Waals surface area contributed by atoms with Crippen LogP contribution in [0, 0.1) is 0 Å². The number of nitrogens with zero attached hydrogens (tertiary/aromatic N) is 1. The van der Waals surface area contributed by atoms with E-state index in [1.807, 2.05) is 13.0 Å². The van der Waals surface area contributed by atoms with Gasteiger partial charge in [0.1, 0.15) is 0 Å². The van der Waals surface area contributed by atoms with E-state index >= 15 is 0 Å². The first kappa shape index (κ1) is 10.3. The van der Waals surface area contributed by atoms with Crippen molar-refractivity contribution in [1.82, 2.24) is 4.57 Å². The van der Waals surface area contributed by atoms with E-state index in [-0.39, 0.29) is 5.56 Å². The predicted octanol–water partition coefficient (Wildman–Crippen LogP) is 2.58. The van der Waals surface area contributed by atoms with Crippen molar-refractivity contribution in [3.8, 4) is 0 Å². The van der Waals surface area contributed by atoms with Crippen LogP contribution in [0.2, 0.25) is 0 Å². The number of allylic oxidation sites excluding steroid dienone is 1. The van der Waals surface area contributed by atoms with Crippen LogP contribution in [-0.4, -0.2) is 4.57 Å². The van der Waals surface area contributed by atoms with Gasteiger partial charge in [-0.05, 0) is 35.3 Å². The molecule has 0 saturated heterocycles. The van der Waals surface area contributed by atoms with Crippen LogP contribution in [0.25, 0.3) is 0 Å². The molecule has 0 saturated carbocycles. The van der Waals surface area contributed by atoms with Crippen LogP contribution >= 0.6 is 15.9 Å². The molecule has 1 aromatic rings. The molecule has 3 heteroatoms. The van der Waals surface area contributed by atoms with Crippen LogP contribution in [0.15, 0.2) is 39.7 Å². The number of hydrogen-bond donors (Lipinski definition) is 0. The van der Waals surface area contributed by atoms with E-state index in [2.05, 4.69) is 22.5 Å². The molecule has 0 spiro atoms. The highest BCUT2D eigenvalue weighted by atomic mass is 79.9. The molecule has 0 fully saturated rings. The molecule has 13 heavy (non-hydrogen) atoms. The minimum Gasteiger partial charge on any atom is -0.302 e. The number of rotatable bonds is 3. The number of halogens is 1. The van der Waals surface area contributed by atoms with E-state index in [9.17, 15) is 4.79 Å². The van der Waals surface area contributed by atoms with Crippen molar-refractivity contribution in [2.45, 2.75) is 19.9 Å². The maximum absolute atomic E-state index is 11.4. The van der Waals surface area contributed by atoms with Gasteiger partial charge >= 0.3 is 0 Å². The summed E-state index contributed by atoms with van der Waals surface area (Å²) >= 11 is 3.33. The summed E-state index contributed by atoms with van der Waals surface area (Å²) < 4.78 is 2.51. The van der Waals surface area contributed by atoms with Gasteiger partial charge in [0.15, 0.2) is 0 Å². The van der Waals surface area contributed by atoms with Crippen LogP contribution in [0.1, 0.15) is 13.3 Å². The van der Waals surface area contributed by atoms with Gasteiger partial charge < -0.3 is 4.57 Å². The average molecular weight is 242 g/mol. The largest absolute Gasteiger partial charge is 0.302 e. The van der Waals surface area contributed by atoms with Crippen LogP contribution < -0.4 is 5.56 Å². The summed E-state index contributed by atoms with van der Waals surface area (Å²) in [6.07, 6.45) is 0.836. The molecule has 0 radical (unpaired) electrons. The zero-order valence-corrected chi connectivity index (χ0v) is 9.17. The topological polar surface area (TPSA) is 22.0 Å². The van der Waals surface area contributed by atoms with E-state index in [0.717, 1.165) is 16.6 Å². The quantitative estimate of drug-likeness (QED) is 0.589. The lowest BCUT2D eigenvalue weighted by atomic mass is 10.2. The van der Waals surface area contributed by atoms with Gasteiger partial charge in [0.05, 0.1) is 4.60 Å². The molecule has 0 aliphatic heterocycles. The SMILES string of the molecule is C=C(C)CCn1c(Br)cccc1=O. The molecule has 0 amide bonds. The van der Waals surface area contributed by atoms with Crippen LogP contribution in [-0.2, 0) is 6.54 Å². The Balaban J connectivity index is 2.87. The Morgan fingerprint density at radius 3 is 2.85 bits per heavy atom. The van der Waals surface area contributed by atoms with Crippen molar-refractivity contribution < 1.29 is 0 Å². The molecule has 0 unspecified atom stereocenters. The van der Waals surface area contributed by atoms with Gasteiger partial charge in [-0.25, -0.2) is 0 Å². The molecule has 2 nitrogen and oxygen atoms in total. The summed E-state index contributed by atoms with van der Waals surface area (Å²) in [7, 11) is 0. The first-order valence-corrected chi connectivity index (χ1v) is 4.90. The molecule has 1 rings (SSSR count). The molecule has 1 aromatic heterocycles. The van der Waals surface area contributed by atoms with Gasteiger partial charge in [-0.3, -0.25) is 4.79 Å². The molecular formula is C10H12BrNO. The molecule has 0 aromatic carbocycles. The standard InChI is InChI=1S/C10H12BrNO/c1-8(2)6-7-12-9(11)4-3-5-10(12)13/h3-5H,1,6-7H2,2H3. The highest BCUT2D eigenvalue weighted by Crippen LogP contribution is 2.08. The van der Waals surface area contributed by atoms with Crippen molar-refractivity contribution in [2.75, 3.05) is 0 Å². The van der Waals surface area contributed by atoms with Gasteiger partial charge in [0, 0.05) is 12.6 Å². The first-order valence-electron chi connectivity index (χ1n) is 4.11. The second-order valence-corrected chi connectivity index (χ2v) is 3.86. The van der Waals surface area contributed by atoms with Crippen LogP contribution in [0.3, 0.4) is 0 Å². The summed E-state index contributed by atoms with van der Waals surface area (Å²) in [6.45, 7) is 6.45. The summed E-state index contributed by atoms with van der Waals surface area (Å²) in [5.74, 6) is 0. The number of pyridine rings is 1. The van der Waals surface area contributed by atoms with Crippen LogP contribution in [0.4, 0.5) is 0 Å². The van der Waals surface area contributed by atoms with Gasteiger partial charge in [0.25, 0.3) is 5.56 Å². The number of hydrogen-bond acceptors (Lipinski definition) is 1. The third-order valence-corrected chi connectivity index (χ3v) is 2.45. The zero-order valence-electron chi connectivity index (χ0n) is 7.59. The molecule has 0 aliphatic carbocycles. The van der Waals surface area contributed by atoms with Gasteiger partial charge in [-0.15, -0.1) is 6.58 Å². The molecule has 0 atom stereocenters. The van der Waals surface area contributed by atoms with Gasteiger partial charge in [-0.2, -0.15) is 0 Å². The fourth-order valence-corrected chi connectivity index (χ4v) is 1.52. The Bertz CT molecular complexity index is 367. The zero-order chi connectivity index (χ0) is 9.84. The van der Waals surface area contributed by atoms with Crippen molar-refractivity contribution in [1.29, 1.82) is 0 Å². The van der Waals surface area contributed by atoms with Gasteiger partial charge in [-0.1, -0.05) is 11.6 Å². The Kier molecular flexibility index (Phi) is 3.48. The van der Waals surface area contributed by atoms with Crippen molar-refractivity contribution in [3.05, 3.63) is 45.3 Å². The normalized spacial score (nSPS) is 10.0. The first-order chi connectivity index (χ1) is 6.11. The van der Waals surface area contributed by atoms with E-state index in [4.69, 9.17) is 0 Å². The molecule has 70 valence electrons. The van der Waals surface area contributed by atoms with Crippen molar-refractivity contribution in [3.63, 3.8) is 0 Å². The van der Waals surface area contributed by atoms with Crippen molar-refractivity contribution in [2.24, 2.45) is 0 Å². The summed E-state index contributed by atoms with van der Waals surface area (Å²) in [5.41, 5.74) is 1.11. The summed E-state index contributed by atoms with van der Waals surface area (Å²) in [6, 6.07) is 5.16. The maximum atomic E-state index is 11.4. The lowest BCUT2D eigenvalue weighted by molar-refractivity contribution is 0.653. The Labute approximate surface area is 86.0 Å². The average Bonchev–Trinajstić information content (AvgIpc) is 2.03. The number of aromatic nitrogens is 1. The summed E-state index contributed by atoms with van der Waals surface area (Å²) in [5, 5.41) is 0. The van der Waals surface area contributed by atoms with Crippen LogP contribution in [0.5, 0.6) is 0 Å². The fourth-order valence-electron chi connectivity index (χ4n) is 1.01. The minimum atomic E-state index is 0.0237. The maximum Gasteiger partial charge on any atom is 0.251 e. The van der Waals surface area contributed by atoms with E-state index < -0.39 is 0 Å². The van der Waals surface area contributed by atoms with E-state index in [1.54, 1.807) is 16.7 Å². The van der Waals surface area contributed by atoms with Gasteiger partial charge in [0.2, 0.25) is 0 Å². The monoisotopic (exact) mass is 241 g/mol. The molecule has 0 aliphatic rings. The third kappa shape index (κ3) is 2.84. The lowest BCUT2D eigenvalue weighted by Crippen LogP contribution is -2.19. The Hall–Kier alpha value is -0.830. The molecule has 1 heterocycles. The highest BCUT2D eigenvalue weighted by Gasteiger charge is 1.99. The summed E-state index contributed by atoms with van der Waals surface area (Å²) in [4.78, 5) is 11.4. The smallest absolute Gasteiger partial charge is 0.251 e.